The maximum atomic E-state index is 9.00. The van der Waals surface area contributed by atoms with Gasteiger partial charge >= 0.3 is 50.3 Å². The molecule has 4 heteroatoms. The summed E-state index contributed by atoms with van der Waals surface area (Å²) in [6, 6.07) is 0. The molecule has 0 rings (SSSR count). The van der Waals surface area contributed by atoms with Gasteiger partial charge in [-0.05, 0) is 0 Å². The molecular formula is C5H12NNaO2. The summed E-state index contributed by atoms with van der Waals surface area (Å²) >= 11 is 1.15. The molecule has 0 fully saturated rings. The van der Waals surface area contributed by atoms with Crippen LogP contribution in [0.25, 0.3) is 0 Å². The second kappa shape index (κ2) is 8.43. The van der Waals surface area contributed by atoms with Gasteiger partial charge in [0.25, 0.3) is 5.97 Å². The molecule has 50 valence electrons. The molecule has 0 saturated carbocycles. The molecule has 0 radical (unpaired) electrons. The molecule has 0 aliphatic rings. The van der Waals surface area contributed by atoms with Crippen molar-refractivity contribution < 1.29 is 9.90 Å². The zero-order valence-electron chi connectivity index (χ0n) is 6.22. The van der Waals surface area contributed by atoms with Crippen molar-refractivity contribution >= 4 is 33.9 Å². The molecule has 0 aromatic carbocycles. The quantitative estimate of drug-likeness (QED) is 0.503. The molecule has 3 nitrogen and oxygen atoms in total. The van der Waals surface area contributed by atoms with Crippen LogP contribution in [-0.2, 0) is 4.79 Å². The van der Waals surface area contributed by atoms with E-state index in [1.165, 1.54) is 0 Å². The number of carboxylic acids is 1. The average Bonchev–Trinajstić information content (AvgIpc) is 1.65. The summed E-state index contributed by atoms with van der Waals surface area (Å²) in [6.45, 7) is 3.19. The van der Waals surface area contributed by atoms with Crippen LogP contribution < -0.4 is 5.73 Å². The first-order chi connectivity index (χ1) is 4.00. The summed E-state index contributed by atoms with van der Waals surface area (Å²) in [5.74, 6) is -0.833. The Morgan fingerprint density at radius 1 is 1.89 bits per heavy atom. The number of rotatable bonds is 1. The van der Waals surface area contributed by atoms with Gasteiger partial charge in [0, 0.05) is 6.92 Å². The summed E-state index contributed by atoms with van der Waals surface area (Å²) < 4.78 is 0.523. The van der Waals surface area contributed by atoms with Crippen molar-refractivity contribution in [2.75, 3.05) is 0 Å². The molecule has 0 aliphatic carbocycles. The molecule has 0 heterocycles. The predicted molar refractivity (Wildman–Crippen MR) is 37.3 cm³/mol. The Kier molecular flexibility index (Phi) is 11.4. The van der Waals surface area contributed by atoms with E-state index >= 15 is 0 Å². The SMILES string of the molecule is CC(=O)O.CC[CH](N)[Na]. The Morgan fingerprint density at radius 3 is 2.00 bits per heavy atom. The summed E-state index contributed by atoms with van der Waals surface area (Å²) in [4.78, 5) is 9.00. The monoisotopic (exact) mass is 141 g/mol. The van der Waals surface area contributed by atoms with Crippen molar-refractivity contribution in [1.29, 1.82) is 0 Å². The molecule has 9 heavy (non-hydrogen) atoms. The normalized spacial score (nSPS) is 11.2. The molecule has 0 aromatic rings. The first-order valence-electron chi connectivity index (χ1n) is 2.95. The molecule has 0 aromatic heterocycles. The molecule has 0 saturated heterocycles. The van der Waals surface area contributed by atoms with Crippen molar-refractivity contribution in [2.45, 2.75) is 23.6 Å². The molecule has 3 N–H and O–H groups in total. The van der Waals surface area contributed by atoms with E-state index in [2.05, 4.69) is 6.92 Å². The first-order valence-corrected chi connectivity index (χ1v) is 4.11. The summed E-state index contributed by atoms with van der Waals surface area (Å²) in [5.41, 5.74) is 5.35. The molecule has 1 atom stereocenters. The molecule has 0 amide bonds. The van der Waals surface area contributed by atoms with Crippen LogP contribution >= 0.6 is 0 Å². The zero-order valence-corrected chi connectivity index (χ0v) is 8.22. The van der Waals surface area contributed by atoms with Crippen molar-refractivity contribution in [3.63, 3.8) is 0 Å². The van der Waals surface area contributed by atoms with E-state index in [-0.39, 0.29) is 0 Å². The van der Waals surface area contributed by atoms with Gasteiger partial charge in [-0.1, -0.05) is 0 Å². The summed E-state index contributed by atoms with van der Waals surface area (Å²) in [5, 5.41) is 7.42. The van der Waals surface area contributed by atoms with E-state index < -0.39 is 5.97 Å². The minimum absolute atomic E-state index is 0.523. The third-order valence-corrected chi connectivity index (χ3v) is 1.46. The molecule has 1 unspecified atom stereocenters. The Hall–Kier alpha value is 0.430. The first kappa shape index (κ1) is 12.1. The fourth-order valence-electron chi connectivity index (χ4n) is 0. The van der Waals surface area contributed by atoms with Gasteiger partial charge in [-0.3, -0.25) is 4.79 Å². The summed E-state index contributed by atoms with van der Waals surface area (Å²) in [6.07, 6.45) is 1.15. The van der Waals surface area contributed by atoms with E-state index in [1.54, 1.807) is 0 Å². The Bertz CT molecular complexity index is 71.4. The second-order valence-corrected chi connectivity index (χ2v) is 3.39. The standard InChI is InChI=1S/C3H8N.C2H4O2.Na/c1-2-3-4;1-2(3)4;/h3H,2,4H2,1H3;1H3,(H,3,4);. The van der Waals surface area contributed by atoms with E-state index in [9.17, 15) is 0 Å². The predicted octanol–water partition coefficient (Wildman–Crippen LogP) is -0.0594. The van der Waals surface area contributed by atoms with Crippen molar-refractivity contribution in [3.05, 3.63) is 0 Å². The number of aliphatic carboxylic acids is 1. The van der Waals surface area contributed by atoms with Crippen molar-refractivity contribution in [1.82, 2.24) is 0 Å². The molecule has 0 aliphatic heterocycles. The number of nitrogens with two attached hydrogens (primary N) is 1. The summed E-state index contributed by atoms with van der Waals surface area (Å²) in [7, 11) is 0. The topological polar surface area (TPSA) is 63.3 Å². The van der Waals surface area contributed by atoms with E-state index in [4.69, 9.17) is 15.6 Å². The minimum atomic E-state index is -0.833. The van der Waals surface area contributed by atoms with Gasteiger partial charge in [0.2, 0.25) is 0 Å². The molecule has 0 spiro atoms. The molecular weight excluding hydrogens is 129 g/mol. The fourth-order valence-corrected chi connectivity index (χ4v) is 0. The second-order valence-electron chi connectivity index (χ2n) is 1.90. The average molecular weight is 141 g/mol. The van der Waals surface area contributed by atoms with Gasteiger partial charge in [0.1, 0.15) is 0 Å². The van der Waals surface area contributed by atoms with Crippen LogP contribution in [0.4, 0.5) is 0 Å². The van der Waals surface area contributed by atoms with Gasteiger partial charge in [-0.25, -0.2) is 0 Å². The Balaban J connectivity index is 0. The van der Waals surface area contributed by atoms with Gasteiger partial charge in [-0.15, -0.1) is 0 Å². The third-order valence-electron chi connectivity index (χ3n) is 0.644. The van der Waals surface area contributed by atoms with Crippen LogP contribution in [0.5, 0.6) is 0 Å². The van der Waals surface area contributed by atoms with Crippen LogP contribution in [0, 0.1) is 0 Å². The van der Waals surface area contributed by atoms with Crippen LogP contribution in [0.15, 0.2) is 0 Å². The number of hydrogen-bond donors (Lipinski definition) is 2. The third kappa shape index (κ3) is 59.0. The number of carbonyl (C=O) groups is 1. The van der Waals surface area contributed by atoms with Gasteiger partial charge < -0.3 is 5.11 Å². The van der Waals surface area contributed by atoms with E-state index in [1.807, 2.05) is 0 Å². The van der Waals surface area contributed by atoms with Crippen LogP contribution in [-0.4, -0.2) is 42.3 Å². The Morgan fingerprint density at radius 2 is 2.00 bits per heavy atom. The van der Waals surface area contributed by atoms with Crippen LogP contribution in [0.1, 0.15) is 20.3 Å². The van der Waals surface area contributed by atoms with Crippen LogP contribution in [0.2, 0.25) is 0 Å². The van der Waals surface area contributed by atoms with E-state index in [0.717, 1.165) is 41.3 Å². The number of hydrogen-bond acceptors (Lipinski definition) is 2. The van der Waals surface area contributed by atoms with Gasteiger partial charge in [-0.2, -0.15) is 0 Å². The van der Waals surface area contributed by atoms with Crippen molar-refractivity contribution in [2.24, 2.45) is 5.73 Å². The van der Waals surface area contributed by atoms with Crippen LogP contribution in [0.3, 0.4) is 0 Å². The fraction of sp³-hybridized carbons (Fsp3) is 0.800. The molecule has 0 bridgehead atoms. The maximum absolute atomic E-state index is 9.00. The number of carboxylic acid groups (broad SMARTS) is 1. The van der Waals surface area contributed by atoms with Crippen molar-refractivity contribution in [3.8, 4) is 0 Å². The Labute approximate surface area is 73.0 Å². The van der Waals surface area contributed by atoms with Gasteiger partial charge in [0.15, 0.2) is 0 Å². The van der Waals surface area contributed by atoms with Gasteiger partial charge in [0.05, 0.1) is 0 Å². The zero-order chi connectivity index (χ0) is 7.86. The van der Waals surface area contributed by atoms with E-state index in [0.29, 0.717) is 3.29 Å².